The van der Waals surface area contributed by atoms with Gasteiger partial charge in [-0.05, 0) is 6.92 Å². The molecule has 2 heteroatoms. The highest BCUT2D eigenvalue weighted by atomic mass is 16.4. The number of allylic oxidation sites excluding steroid dienone is 3. The molecule has 0 fully saturated rings. The molecule has 0 rings (SSSR count). The van der Waals surface area contributed by atoms with Crippen molar-refractivity contribution < 1.29 is 9.90 Å². The Morgan fingerprint density at radius 3 is 2.55 bits per heavy atom. The van der Waals surface area contributed by atoms with E-state index >= 15 is 0 Å². The minimum Gasteiger partial charge on any atom is -0.481 e. The van der Waals surface area contributed by atoms with E-state index in [1.54, 1.807) is 18.2 Å². The molecule has 0 spiro atoms. The van der Waals surface area contributed by atoms with Gasteiger partial charge in [0.25, 0.3) is 0 Å². The predicted molar refractivity (Wildman–Crippen MR) is 45.3 cm³/mol. The van der Waals surface area contributed by atoms with Crippen molar-refractivity contribution in [2.45, 2.75) is 6.92 Å². The first-order valence-electron chi connectivity index (χ1n) is 3.37. The van der Waals surface area contributed by atoms with Crippen molar-refractivity contribution >= 4 is 5.97 Å². The van der Waals surface area contributed by atoms with Crippen molar-refractivity contribution in [2.75, 3.05) is 0 Å². The molecule has 0 aromatic rings. The molecule has 0 bridgehead atoms. The number of carboxylic acids is 1. The van der Waals surface area contributed by atoms with Crippen molar-refractivity contribution in [2.24, 2.45) is 5.92 Å². The number of carbonyl (C=O) groups is 1. The standard InChI is InChI=1S/C9H12O2/c1-3-5-6-7-8(4-2)9(10)11/h3-8H,2H2,1H3,(H,10,11)/b5-3+,7-6+. The third-order valence-corrected chi connectivity index (χ3v) is 1.16. The molecule has 2 nitrogen and oxygen atoms in total. The van der Waals surface area contributed by atoms with Gasteiger partial charge in [0.05, 0.1) is 5.92 Å². The van der Waals surface area contributed by atoms with Crippen LogP contribution >= 0.6 is 0 Å². The van der Waals surface area contributed by atoms with Crippen LogP contribution in [0.25, 0.3) is 0 Å². The van der Waals surface area contributed by atoms with Gasteiger partial charge < -0.3 is 5.11 Å². The van der Waals surface area contributed by atoms with E-state index < -0.39 is 11.9 Å². The lowest BCUT2D eigenvalue weighted by Crippen LogP contribution is -2.06. The summed E-state index contributed by atoms with van der Waals surface area (Å²) in [5, 5.41) is 8.53. The summed E-state index contributed by atoms with van der Waals surface area (Å²) in [5.74, 6) is -1.45. The Morgan fingerprint density at radius 2 is 2.18 bits per heavy atom. The van der Waals surface area contributed by atoms with Gasteiger partial charge in [-0.25, -0.2) is 0 Å². The summed E-state index contributed by atoms with van der Waals surface area (Å²) in [6.45, 7) is 5.27. The number of aliphatic carboxylic acids is 1. The molecule has 0 heterocycles. The fourth-order valence-electron chi connectivity index (χ4n) is 0.557. The lowest BCUT2D eigenvalue weighted by molar-refractivity contribution is -0.138. The number of hydrogen-bond acceptors (Lipinski definition) is 1. The second-order valence-corrected chi connectivity index (χ2v) is 2.01. The molecule has 0 saturated carbocycles. The molecule has 0 aliphatic heterocycles. The van der Waals surface area contributed by atoms with Crippen LogP contribution in [0.3, 0.4) is 0 Å². The molecule has 60 valence electrons. The molecule has 0 radical (unpaired) electrons. The van der Waals surface area contributed by atoms with Crippen LogP contribution in [-0.4, -0.2) is 11.1 Å². The summed E-state index contributed by atoms with van der Waals surface area (Å²) < 4.78 is 0. The number of carboxylic acid groups (broad SMARTS) is 1. The maximum atomic E-state index is 10.4. The highest BCUT2D eigenvalue weighted by Gasteiger charge is 2.06. The van der Waals surface area contributed by atoms with E-state index in [4.69, 9.17) is 5.11 Å². The molecule has 1 atom stereocenters. The second-order valence-electron chi connectivity index (χ2n) is 2.01. The molecule has 0 saturated heterocycles. The van der Waals surface area contributed by atoms with Crippen LogP contribution in [0.4, 0.5) is 0 Å². The van der Waals surface area contributed by atoms with E-state index in [1.807, 2.05) is 13.0 Å². The summed E-state index contributed by atoms with van der Waals surface area (Å²) in [7, 11) is 0. The van der Waals surface area contributed by atoms with Gasteiger partial charge in [0.15, 0.2) is 0 Å². The highest BCUT2D eigenvalue weighted by Crippen LogP contribution is 1.99. The average molecular weight is 152 g/mol. The largest absolute Gasteiger partial charge is 0.481 e. The summed E-state index contributed by atoms with van der Waals surface area (Å²) in [4.78, 5) is 10.4. The van der Waals surface area contributed by atoms with Gasteiger partial charge in [-0.1, -0.05) is 30.4 Å². The third-order valence-electron chi connectivity index (χ3n) is 1.16. The first-order chi connectivity index (χ1) is 5.22. The fourth-order valence-corrected chi connectivity index (χ4v) is 0.557. The van der Waals surface area contributed by atoms with Crippen LogP contribution < -0.4 is 0 Å². The summed E-state index contributed by atoms with van der Waals surface area (Å²) in [6.07, 6.45) is 8.27. The first kappa shape index (κ1) is 9.69. The van der Waals surface area contributed by atoms with Crippen molar-refractivity contribution in [1.82, 2.24) is 0 Å². The molecule has 0 aliphatic carbocycles. The maximum absolute atomic E-state index is 10.4. The van der Waals surface area contributed by atoms with Gasteiger partial charge in [-0.2, -0.15) is 0 Å². The summed E-state index contributed by atoms with van der Waals surface area (Å²) in [6, 6.07) is 0. The molecule has 11 heavy (non-hydrogen) atoms. The minimum atomic E-state index is -0.874. The van der Waals surface area contributed by atoms with E-state index in [2.05, 4.69) is 6.58 Å². The maximum Gasteiger partial charge on any atom is 0.314 e. The smallest absolute Gasteiger partial charge is 0.314 e. The van der Waals surface area contributed by atoms with Gasteiger partial charge in [-0.3, -0.25) is 4.79 Å². The van der Waals surface area contributed by atoms with Gasteiger partial charge in [0.1, 0.15) is 0 Å². The minimum absolute atomic E-state index is 0.578. The van der Waals surface area contributed by atoms with Crippen molar-refractivity contribution in [3.05, 3.63) is 37.0 Å². The quantitative estimate of drug-likeness (QED) is 0.494. The molecule has 0 aromatic carbocycles. The monoisotopic (exact) mass is 152 g/mol. The molecule has 0 aromatic heterocycles. The topological polar surface area (TPSA) is 37.3 Å². The zero-order chi connectivity index (χ0) is 8.69. The van der Waals surface area contributed by atoms with Crippen molar-refractivity contribution in [3.8, 4) is 0 Å². The van der Waals surface area contributed by atoms with Gasteiger partial charge in [-0.15, -0.1) is 6.58 Å². The normalized spacial score (nSPS) is 13.9. The van der Waals surface area contributed by atoms with Crippen LogP contribution in [0.2, 0.25) is 0 Å². The Balaban J connectivity index is 4.07. The Labute approximate surface area is 66.5 Å². The molecular weight excluding hydrogens is 140 g/mol. The van der Waals surface area contributed by atoms with Gasteiger partial charge >= 0.3 is 5.97 Å². The summed E-state index contributed by atoms with van der Waals surface area (Å²) in [5.41, 5.74) is 0. The van der Waals surface area contributed by atoms with Crippen molar-refractivity contribution in [3.63, 3.8) is 0 Å². The Kier molecular flexibility index (Phi) is 4.82. The molecule has 0 aliphatic rings. The number of hydrogen-bond donors (Lipinski definition) is 1. The SMILES string of the molecule is C=CC(/C=C/C=C/C)C(=O)O. The lowest BCUT2D eigenvalue weighted by Gasteiger charge is -1.96. The van der Waals surface area contributed by atoms with Gasteiger partial charge in [0, 0.05) is 0 Å². The highest BCUT2D eigenvalue weighted by molar-refractivity contribution is 5.74. The Bertz CT molecular complexity index is 190. The lowest BCUT2D eigenvalue weighted by atomic mass is 10.1. The van der Waals surface area contributed by atoms with E-state index in [9.17, 15) is 4.79 Å². The summed E-state index contributed by atoms with van der Waals surface area (Å²) >= 11 is 0. The zero-order valence-electron chi connectivity index (χ0n) is 6.53. The zero-order valence-corrected chi connectivity index (χ0v) is 6.53. The Morgan fingerprint density at radius 1 is 1.55 bits per heavy atom. The van der Waals surface area contributed by atoms with Gasteiger partial charge in [0.2, 0.25) is 0 Å². The van der Waals surface area contributed by atoms with Crippen LogP contribution in [0.15, 0.2) is 37.0 Å². The molecule has 1 unspecified atom stereocenters. The van der Waals surface area contributed by atoms with Crippen molar-refractivity contribution in [1.29, 1.82) is 0 Å². The van der Waals surface area contributed by atoms with E-state index in [1.165, 1.54) is 6.08 Å². The van der Waals surface area contributed by atoms with Crippen LogP contribution in [0, 0.1) is 5.92 Å². The van der Waals surface area contributed by atoms with E-state index in [0.717, 1.165) is 0 Å². The first-order valence-corrected chi connectivity index (χ1v) is 3.37. The van der Waals surface area contributed by atoms with Crippen LogP contribution in [-0.2, 0) is 4.79 Å². The second kappa shape index (κ2) is 5.47. The number of rotatable bonds is 4. The van der Waals surface area contributed by atoms with Crippen LogP contribution in [0.5, 0.6) is 0 Å². The molecule has 0 amide bonds. The average Bonchev–Trinajstić information content (AvgIpc) is 1.97. The predicted octanol–water partition coefficient (Wildman–Crippen LogP) is 2.01. The van der Waals surface area contributed by atoms with Crippen LogP contribution in [0.1, 0.15) is 6.92 Å². The third kappa shape index (κ3) is 4.14. The molecular formula is C9H12O2. The fraction of sp³-hybridized carbons (Fsp3) is 0.222. The van der Waals surface area contributed by atoms with E-state index in [-0.39, 0.29) is 0 Å². The molecule has 1 N–H and O–H groups in total. The van der Waals surface area contributed by atoms with E-state index in [0.29, 0.717) is 0 Å². The Hall–Kier alpha value is -1.31.